The summed E-state index contributed by atoms with van der Waals surface area (Å²) in [6, 6.07) is 7.03. The summed E-state index contributed by atoms with van der Waals surface area (Å²) in [7, 11) is 0. The van der Waals surface area contributed by atoms with Crippen LogP contribution in [0.25, 0.3) is 22.2 Å². The summed E-state index contributed by atoms with van der Waals surface area (Å²) in [5.74, 6) is -0.227. The molecule has 0 aliphatic rings. The van der Waals surface area contributed by atoms with Crippen LogP contribution in [0.4, 0.5) is 8.78 Å². The molecule has 8 heteroatoms. The zero-order valence-electron chi connectivity index (χ0n) is 16.9. The molecular weight excluding hydrogens is 441 g/mol. The van der Waals surface area contributed by atoms with Crippen molar-refractivity contribution >= 4 is 11.0 Å². The van der Waals surface area contributed by atoms with Gasteiger partial charge in [0.2, 0.25) is 0 Å². The number of nitrogens with zero attached hydrogens (tertiary/aromatic N) is 3. The summed E-state index contributed by atoms with van der Waals surface area (Å²) in [6.07, 6.45) is -1.14. The molecule has 1 aromatic carbocycles. The van der Waals surface area contributed by atoms with Gasteiger partial charge in [-0.15, -0.1) is 0 Å². The minimum absolute atomic E-state index is 0. The van der Waals surface area contributed by atoms with Crippen molar-refractivity contribution in [1.82, 2.24) is 14.3 Å². The molecule has 3 aromatic rings. The molecule has 0 saturated heterocycles. The average Bonchev–Trinajstić information content (AvgIpc) is 3.06. The topological polar surface area (TPSA) is 60.1 Å². The summed E-state index contributed by atoms with van der Waals surface area (Å²) in [4.78, 5) is 12.8. The van der Waals surface area contributed by atoms with Crippen molar-refractivity contribution in [2.75, 3.05) is 0 Å². The first kappa shape index (κ1) is 26.4. The first-order valence-corrected chi connectivity index (χ1v) is 8.61. The van der Waals surface area contributed by atoms with Gasteiger partial charge in [0.15, 0.2) is 5.65 Å². The summed E-state index contributed by atoms with van der Waals surface area (Å²) in [5, 5.41) is 15.1. The van der Waals surface area contributed by atoms with E-state index in [2.05, 4.69) is 5.10 Å². The minimum Gasteiger partial charge on any atom is -0.506 e. The van der Waals surface area contributed by atoms with Crippen molar-refractivity contribution in [1.29, 1.82) is 0 Å². The quantitative estimate of drug-likeness (QED) is 0.569. The van der Waals surface area contributed by atoms with Crippen LogP contribution in [0.5, 0.6) is 5.75 Å². The van der Waals surface area contributed by atoms with Crippen molar-refractivity contribution in [3.63, 3.8) is 0 Å². The van der Waals surface area contributed by atoms with E-state index < -0.39 is 18.5 Å². The van der Waals surface area contributed by atoms with Crippen molar-refractivity contribution < 1.29 is 46.6 Å². The fraction of sp³-hybridized carbons (Fsp3) is 0.350. The molecule has 3 rings (SSSR count). The van der Waals surface area contributed by atoms with Crippen LogP contribution >= 0.6 is 0 Å². The Morgan fingerprint density at radius 3 is 2.36 bits per heavy atom. The number of halogens is 2. The number of aryl methyl sites for hydroxylation is 2. The van der Waals surface area contributed by atoms with Crippen LogP contribution in [0.3, 0.4) is 0 Å². The van der Waals surface area contributed by atoms with Gasteiger partial charge >= 0.3 is 0 Å². The van der Waals surface area contributed by atoms with Crippen molar-refractivity contribution in [3.8, 4) is 16.9 Å². The molecule has 0 unspecified atom stereocenters. The van der Waals surface area contributed by atoms with E-state index in [0.29, 0.717) is 12.1 Å². The average molecular weight is 467 g/mol. The third-order valence-corrected chi connectivity index (χ3v) is 4.01. The fourth-order valence-electron chi connectivity index (χ4n) is 2.81. The van der Waals surface area contributed by atoms with E-state index in [-0.39, 0.29) is 62.5 Å². The normalized spacial score (nSPS) is 10.1. The number of hydrogen-bond donors (Lipinski definition) is 1. The molecule has 1 radical (unpaired) electrons. The van der Waals surface area contributed by atoms with E-state index in [1.54, 1.807) is 37.4 Å². The molecule has 1 N–H and O–H groups in total. The third kappa shape index (κ3) is 5.06. The van der Waals surface area contributed by atoms with Crippen LogP contribution in [0.2, 0.25) is 0 Å². The van der Waals surface area contributed by atoms with Crippen molar-refractivity contribution in [2.24, 2.45) is 0 Å². The zero-order valence-corrected chi connectivity index (χ0v) is 19.7. The molecule has 28 heavy (non-hydrogen) atoms. The van der Waals surface area contributed by atoms with E-state index in [4.69, 9.17) is 0 Å². The molecule has 0 fully saturated rings. The Hall–Kier alpha value is -1.60. The van der Waals surface area contributed by atoms with Gasteiger partial charge in [-0.3, -0.25) is 14.0 Å². The summed E-state index contributed by atoms with van der Waals surface area (Å²) >= 11 is 0. The number of fused-ring (bicyclic) bond motifs is 1. The number of benzene rings is 1. The van der Waals surface area contributed by atoms with Gasteiger partial charge in [0.25, 0.3) is 12.0 Å². The van der Waals surface area contributed by atoms with Crippen molar-refractivity contribution in [2.45, 2.75) is 47.2 Å². The maximum atomic E-state index is 13.0. The SMILES string of the molecule is CC.CCn1cc2c(O)c(-c3ccccc3C)c(=O)n(CC(F)F)c2n1.[CH3-].[Y]. The Morgan fingerprint density at radius 2 is 1.82 bits per heavy atom. The van der Waals surface area contributed by atoms with Gasteiger partial charge < -0.3 is 12.5 Å². The van der Waals surface area contributed by atoms with E-state index in [9.17, 15) is 18.7 Å². The monoisotopic (exact) mass is 467 g/mol. The van der Waals surface area contributed by atoms with Gasteiger partial charge in [0.1, 0.15) is 5.75 Å². The summed E-state index contributed by atoms with van der Waals surface area (Å²) in [5.41, 5.74) is 0.717. The molecule has 0 spiro atoms. The molecule has 0 amide bonds. The summed E-state index contributed by atoms with van der Waals surface area (Å²) < 4.78 is 28.4. The molecule has 0 saturated carbocycles. The third-order valence-electron chi connectivity index (χ3n) is 4.01. The van der Waals surface area contributed by atoms with E-state index in [1.807, 2.05) is 20.8 Å². The minimum atomic E-state index is -2.70. The zero-order chi connectivity index (χ0) is 19.4. The Balaban J connectivity index is 0.00000177. The van der Waals surface area contributed by atoms with Gasteiger partial charge in [0, 0.05) is 45.5 Å². The van der Waals surface area contributed by atoms with E-state index in [1.165, 1.54) is 4.68 Å². The second-order valence-electron chi connectivity index (χ2n) is 5.57. The predicted molar refractivity (Wildman–Crippen MR) is 105 cm³/mol. The van der Waals surface area contributed by atoms with Gasteiger partial charge in [-0.05, 0) is 25.0 Å². The number of alkyl halides is 2. The van der Waals surface area contributed by atoms with Gasteiger partial charge in [-0.1, -0.05) is 38.1 Å². The first-order valence-electron chi connectivity index (χ1n) is 8.61. The molecule has 0 atom stereocenters. The standard InChI is InChI=1S/C17H17F2N3O2.C2H6.CH3.Y/c1-3-21-8-12-15(23)14(11-7-5-4-6-10(11)2)17(24)22(9-13(18)19)16(12)20-21;1-2;;/h4-8,13,23H,3,9H2,1-2H3;1-2H3;1H3;/q;;-1;. The fourth-order valence-corrected chi connectivity index (χ4v) is 2.81. The molecule has 0 bridgehead atoms. The van der Waals surface area contributed by atoms with Gasteiger partial charge in [-0.2, -0.15) is 5.10 Å². The number of hydrogen-bond acceptors (Lipinski definition) is 3. The van der Waals surface area contributed by atoms with Crippen LogP contribution in [-0.4, -0.2) is 25.9 Å². The molecule has 0 aliphatic carbocycles. The number of aromatic nitrogens is 3. The smallest absolute Gasteiger partial charge is 0.264 e. The molecule has 0 aliphatic heterocycles. The Morgan fingerprint density at radius 1 is 1.21 bits per heavy atom. The molecular formula is C20H26F2N3O2Y-. The Bertz CT molecular complexity index is 968. The second-order valence-corrected chi connectivity index (χ2v) is 5.57. The Kier molecular flexibility index (Phi) is 10.8. The Labute approximate surface area is 189 Å². The summed E-state index contributed by atoms with van der Waals surface area (Å²) in [6.45, 7) is 7.36. The van der Waals surface area contributed by atoms with Crippen LogP contribution < -0.4 is 5.56 Å². The second kappa shape index (κ2) is 11.4. The van der Waals surface area contributed by atoms with Crippen LogP contribution in [0.1, 0.15) is 26.3 Å². The van der Waals surface area contributed by atoms with E-state index in [0.717, 1.165) is 10.1 Å². The first-order chi connectivity index (χ1) is 12.4. The van der Waals surface area contributed by atoms with Crippen molar-refractivity contribution in [3.05, 3.63) is 53.8 Å². The molecule has 5 nitrogen and oxygen atoms in total. The molecule has 151 valence electrons. The van der Waals surface area contributed by atoms with Crippen LogP contribution in [-0.2, 0) is 45.8 Å². The maximum absolute atomic E-state index is 13.0. The van der Waals surface area contributed by atoms with Gasteiger partial charge in [-0.25, -0.2) is 8.78 Å². The molecule has 2 heterocycles. The predicted octanol–water partition coefficient (Wildman–Crippen LogP) is 4.64. The van der Waals surface area contributed by atoms with E-state index >= 15 is 0 Å². The number of pyridine rings is 1. The number of aromatic hydroxyl groups is 1. The van der Waals surface area contributed by atoms with Crippen LogP contribution in [0, 0.1) is 14.4 Å². The van der Waals surface area contributed by atoms with Gasteiger partial charge in [0.05, 0.1) is 17.5 Å². The maximum Gasteiger partial charge on any atom is 0.264 e. The number of rotatable bonds is 4. The largest absolute Gasteiger partial charge is 0.506 e. The molecule has 2 aromatic heterocycles. The van der Waals surface area contributed by atoms with Crippen LogP contribution in [0.15, 0.2) is 35.3 Å².